The molecule has 5 nitrogen and oxygen atoms in total. The molecule has 1 heterocycles. The van der Waals surface area contributed by atoms with Gasteiger partial charge in [0.2, 0.25) is 5.91 Å². The van der Waals surface area contributed by atoms with E-state index < -0.39 is 0 Å². The van der Waals surface area contributed by atoms with Crippen LogP contribution in [0.2, 0.25) is 10.0 Å². The number of hydrogen-bond acceptors (Lipinski definition) is 3. The van der Waals surface area contributed by atoms with E-state index in [1.807, 2.05) is 4.90 Å². The average molecular weight is 449 g/mol. The van der Waals surface area contributed by atoms with Crippen molar-refractivity contribution in [2.45, 2.75) is 32.6 Å². The molecule has 3 rings (SSSR count). The van der Waals surface area contributed by atoms with Crippen LogP contribution in [0.5, 0.6) is 5.75 Å². The molecule has 160 valence electrons. The summed E-state index contributed by atoms with van der Waals surface area (Å²) < 4.78 is 5.59. The van der Waals surface area contributed by atoms with Crippen LogP contribution >= 0.6 is 23.2 Å². The maximum absolute atomic E-state index is 12.6. The quantitative estimate of drug-likeness (QED) is 0.555. The summed E-state index contributed by atoms with van der Waals surface area (Å²) in [5.41, 5.74) is 1.32. The van der Waals surface area contributed by atoms with Gasteiger partial charge in [0.25, 0.3) is 5.91 Å². The van der Waals surface area contributed by atoms with Crippen LogP contribution in [0.3, 0.4) is 0 Å². The van der Waals surface area contributed by atoms with Crippen molar-refractivity contribution >= 4 is 40.7 Å². The van der Waals surface area contributed by atoms with Crippen LogP contribution in [-0.4, -0.2) is 36.4 Å². The highest BCUT2D eigenvalue weighted by atomic mass is 35.5. The average Bonchev–Trinajstić information content (AvgIpc) is 2.73. The molecule has 2 aromatic carbocycles. The highest BCUT2D eigenvalue weighted by molar-refractivity contribution is 6.35. The summed E-state index contributed by atoms with van der Waals surface area (Å²) in [5.74, 6) is 1.17. The predicted octanol–water partition coefficient (Wildman–Crippen LogP) is 5.66. The topological polar surface area (TPSA) is 58.6 Å². The molecule has 0 bridgehead atoms. The van der Waals surface area contributed by atoms with E-state index in [0.29, 0.717) is 52.4 Å². The predicted molar refractivity (Wildman–Crippen MR) is 121 cm³/mol. The van der Waals surface area contributed by atoms with E-state index in [9.17, 15) is 9.59 Å². The Morgan fingerprint density at radius 2 is 1.80 bits per heavy atom. The van der Waals surface area contributed by atoms with Crippen LogP contribution in [0, 0.1) is 5.92 Å². The van der Waals surface area contributed by atoms with Crippen LogP contribution in [0.25, 0.3) is 0 Å². The van der Waals surface area contributed by atoms with E-state index in [4.69, 9.17) is 27.9 Å². The molecule has 2 amide bonds. The number of nitrogens with zero attached hydrogens (tertiary/aromatic N) is 1. The molecule has 0 spiro atoms. The van der Waals surface area contributed by atoms with Gasteiger partial charge in [-0.15, -0.1) is 0 Å². The molecule has 1 aliphatic rings. The zero-order chi connectivity index (χ0) is 21.5. The van der Waals surface area contributed by atoms with Gasteiger partial charge in [0.1, 0.15) is 5.75 Å². The molecular formula is C23H26Cl2N2O3. The summed E-state index contributed by atoms with van der Waals surface area (Å²) >= 11 is 11.9. The monoisotopic (exact) mass is 448 g/mol. The molecule has 1 N–H and O–H groups in total. The standard InChI is InChI=1S/C23H26Cl2N2O3/c1-16-10-12-27(13-11-16)23(29)17-4-7-19(8-5-17)26-22(28)3-2-14-30-21-9-6-18(24)15-20(21)25/h4-9,15-16H,2-3,10-14H2,1H3,(H,26,28). The fraction of sp³-hybridized carbons (Fsp3) is 0.391. The van der Waals surface area contributed by atoms with E-state index in [0.717, 1.165) is 25.9 Å². The molecule has 0 unspecified atom stereocenters. The summed E-state index contributed by atoms with van der Waals surface area (Å²) in [5, 5.41) is 3.84. The number of piperidine rings is 1. The van der Waals surface area contributed by atoms with E-state index in [-0.39, 0.29) is 11.8 Å². The summed E-state index contributed by atoms with van der Waals surface area (Å²) in [4.78, 5) is 26.6. The summed E-state index contributed by atoms with van der Waals surface area (Å²) in [6.45, 7) is 4.21. The second-order valence-electron chi connectivity index (χ2n) is 7.63. The fourth-order valence-electron chi connectivity index (χ4n) is 3.32. The minimum atomic E-state index is -0.107. The minimum absolute atomic E-state index is 0.0535. The SMILES string of the molecule is CC1CCN(C(=O)c2ccc(NC(=O)CCCOc3ccc(Cl)cc3Cl)cc2)CC1. The van der Waals surface area contributed by atoms with Gasteiger partial charge in [-0.25, -0.2) is 0 Å². The third-order valence-corrected chi connectivity index (χ3v) is 5.72. The Labute approximate surface area is 187 Å². The Morgan fingerprint density at radius 1 is 1.10 bits per heavy atom. The van der Waals surface area contributed by atoms with Gasteiger partial charge in [-0.3, -0.25) is 9.59 Å². The number of benzene rings is 2. The third kappa shape index (κ3) is 6.38. The number of hydrogen-bond donors (Lipinski definition) is 1. The van der Waals surface area contributed by atoms with Crippen molar-refractivity contribution in [1.82, 2.24) is 4.90 Å². The van der Waals surface area contributed by atoms with Crippen molar-refractivity contribution in [3.8, 4) is 5.75 Å². The molecule has 7 heteroatoms. The second kappa shape index (κ2) is 10.7. The number of likely N-dealkylation sites (tertiary alicyclic amines) is 1. The zero-order valence-electron chi connectivity index (χ0n) is 17.0. The number of carbonyl (C=O) groups excluding carboxylic acids is 2. The third-order valence-electron chi connectivity index (χ3n) is 5.19. The maximum Gasteiger partial charge on any atom is 0.253 e. The first-order chi connectivity index (χ1) is 14.4. The summed E-state index contributed by atoms with van der Waals surface area (Å²) in [6, 6.07) is 12.1. The number of rotatable bonds is 7. The Kier molecular flexibility index (Phi) is 8.00. The molecule has 0 aromatic heterocycles. The smallest absolute Gasteiger partial charge is 0.253 e. The van der Waals surface area contributed by atoms with E-state index in [1.54, 1.807) is 42.5 Å². The Balaban J connectivity index is 1.41. The number of ether oxygens (including phenoxy) is 1. The van der Waals surface area contributed by atoms with Crippen LogP contribution < -0.4 is 10.1 Å². The number of carbonyl (C=O) groups is 2. The van der Waals surface area contributed by atoms with Crippen molar-refractivity contribution in [3.63, 3.8) is 0 Å². The molecule has 1 aliphatic heterocycles. The van der Waals surface area contributed by atoms with Gasteiger partial charge >= 0.3 is 0 Å². The first kappa shape index (κ1) is 22.4. The normalized spacial score (nSPS) is 14.4. The molecule has 0 atom stereocenters. The first-order valence-corrected chi connectivity index (χ1v) is 10.9. The van der Waals surface area contributed by atoms with Gasteiger partial charge in [-0.1, -0.05) is 30.1 Å². The van der Waals surface area contributed by atoms with E-state index >= 15 is 0 Å². The van der Waals surface area contributed by atoms with E-state index in [1.165, 1.54) is 0 Å². The van der Waals surface area contributed by atoms with E-state index in [2.05, 4.69) is 12.2 Å². The van der Waals surface area contributed by atoms with Crippen LogP contribution in [0.15, 0.2) is 42.5 Å². The van der Waals surface area contributed by atoms with Crippen molar-refractivity contribution in [3.05, 3.63) is 58.1 Å². The van der Waals surface area contributed by atoms with Gasteiger partial charge in [0.05, 0.1) is 11.6 Å². The summed E-state index contributed by atoms with van der Waals surface area (Å²) in [7, 11) is 0. The molecule has 30 heavy (non-hydrogen) atoms. The van der Waals surface area contributed by atoms with Crippen LogP contribution in [0.4, 0.5) is 5.69 Å². The Hall–Kier alpha value is -2.24. The fourth-order valence-corrected chi connectivity index (χ4v) is 3.78. The van der Waals surface area contributed by atoms with Gasteiger partial charge in [0, 0.05) is 35.8 Å². The van der Waals surface area contributed by atoms with Crippen LogP contribution in [-0.2, 0) is 4.79 Å². The summed E-state index contributed by atoms with van der Waals surface area (Å²) in [6.07, 6.45) is 2.97. The molecule has 0 radical (unpaired) electrons. The van der Waals surface area contributed by atoms with Gasteiger partial charge in [-0.05, 0) is 67.6 Å². The lowest BCUT2D eigenvalue weighted by molar-refractivity contribution is -0.116. The molecule has 2 aromatic rings. The highest BCUT2D eigenvalue weighted by Gasteiger charge is 2.21. The largest absolute Gasteiger partial charge is 0.492 e. The van der Waals surface area contributed by atoms with Crippen molar-refractivity contribution in [2.75, 3.05) is 25.0 Å². The van der Waals surface area contributed by atoms with Gasteiger partial charge < -0.3 is 15.0 Å². The number of nitrogens with one attached hydrogen (secondary N) is 1. The molecule has 0 aliphatic carbocycles. The molecular weight excluding hydrogens is 423 g/mol. The Morgan fingerprint density at radius 3 is 2.47 bits per heavy atom. The van der Waals surface area contributed by atoms with Crippen molar-refractivity contribution < 1.29 is 14.3 Å². The molecule has 1 fully saturated rings. The first-order valence-electron chi connectivity index (χ1n) is 10.2. The van der Waals surface area contributed by atoms with Crippen LogP contribution in [0.1, 0.15) is 43.0 Å². The maximum atomic E-state index is 12.6. The second-order valence-corrected chi connectivity index (χ2v) is 8.47. The van der Waals surface area contributed by atoms with Gasteiger partial charge in [-0.2, -0.15) is 0 Å². The van der Waals surface area contributed by atoms with Gasteiger partial charge in [0.15, 0.2) is 0 Å². The number of halogens is 2. The lowest BCUT2D eigenvalue weighted by Crippen LogP contribution is -2.37. The van der Waals surface area contributed by atoms with Crippen molar-refractivity contribution in [1.29, 1.82) is 0 Å². The highest BCUT2D eigenvalue weighted by Crippen LogP contribution is 2.27. The molecule has 0 saturated carbocycles. The number of amides is 2. The van der Waals surface area contributed by atoms with Crippen molar-refractivity contribution in [2.24, 2.45) is 5.92 Å². The number of anilines is 1. The lowest BCUT2D eigenvalue weighted by Gasteiger charge is -2.30. The molecule has 1 saturated heterocycles. The minimum Gasteiger partial charge on any atom is -0.492 e. The zero-order valence-corrected chi connectivity index (χ0v) is 18.5. The Bertz CT molecular complexity index is 879. The lowest BCUT2D eigenvalue weighted by atomic mass is 9.98.